The van der Waals surface area contributed by atoms with Crippen LogP contribution >= 0.6 is 11.6 Å². The lowest BCUT2D eigenvalue weighted by molar-refractivity contribution is 0.166. The summed E-state index contributed by atoms with van der Waals surface area (Å²) in [5.74, 6) is 0.698. The standard InChI is InChI=1S/C11H11ClN4O2/c12-7-2-1-4-14-8(7)9-15-10(18-16-9)11(13)3-5-17-6-11/h1-2,4H,3,5-6,13H2. The van der Waals surface area contributed by atoms with E-state index in [4.69, 9.17) is 26.6 Å². The van der Waals surface area contributed by atoms with E-state index in [0.29, 0.717) is 42.1 Å². The third-order valence-electron chi connectivity index (χ3n) is 2.87. The van der Waals surface area contributed by atoms with E-state index in [1.165, 1.54) is 0 Å². The molecule has 1 aliphatic heterocycles. The summed E-state index contributed by atoms with van der Waals surface area (Å²) in [5, 5.41) is 4.34. The van der Waals surface area contributed by atoms with Gasteiger partial charge in [0.2, 0.25) is 11.7 Å². The predicted octanol–water partition coefficient (Wildman–Crippen LogP) is 1.36. The molecule has 1 atom stereocenters. The van der Waals surface area contributed by atoms with Gasteiger partial charge < -0.3 is 15.0 Å². The second-order valence-corrected chi connectivity index (χ2v) is 4.62. The Morgan fingerprint density at radius 3 is 3.06 bits per heavy atom. The molecule has 94 valence electrons. The Morgan fingerprint density at radius 1 is 1.44 bits per heavy atom. The van der Waals surface area contributed by atoms with Crippen LogP contribution in [-0.2, 0) is 10.3 Å². The fourth-order valence-corrected chi connectivity index (χ4v) is 2.03. The highest BCUT2D eigenvalue weighted by atomic mass is 35.5. The number of ether oxygens (including phenoxy) is 1. The minimum atomic E-state index is -0.702. The van der Waals surface area contributed by atoms with E-state index in [-0.39, 0.29) is 0 Å². The van der Waals surface area contributed by atoms with Crippen LogP contribution in [0.15, 0.2) is 22.9 Å². The molecule has 0 spiro atoms. The molecular weight excluding hydrogens is 256 g/mol. The zero-order chi connectivity index (χ0) is 12.6. The Hall–Kier alpha value is -1.50. The van der Waals surface area contributed by atoms with E-state index >= 15 is 0 Å². The van der Waals surface area contributed by atoms with Gasteiger partial charge in [-0.2, -0.15) is 4.98 Å². The first-order chi connectivity index (χ1) is 8.69. The second kappa shape index (κ2) is 4.31. The number of halogens is 1. The Labute approximate surface area is 108 Å². The summed E-state index contributed by atoms with van der Waals surface area (Å²) in [7, 11) is 0. The molecule has 3 heterocycles. The SMILES string of the molecule is NC1(c2nc(-c3ncccc3Cl)no2)CCOC1. The highest BCUT2D eigenvalue weighted by Crippen LogP contribution is 2.29. The van der Waals surface area contributed by atoms with Gasteiger partial charge in [-0.25, -0.2) is 0 Å². The second-order valence-electron chi connectivity index (χ2n) is 4.22. The Morgan fingerprint density at radius 2 is 2.33 bits per heavy atom. The summed E-state index contributed by atoms with van der Waals surface area (Å²) in [4.78, 5) is 8.39. The summed E-state index contributed by atoms with van der Waals surface area (Å²) in [6.45, 7) is 0.975. The molecule has 0 aromatic carbocycles. The van der Waals surface area contributed by atoms with Gasteiger partial charge in [0.1, 0.15) is 11.2 Å². The van der Waals surface area contributed by atoms with E-state index < -0.39 is 5.54 Å². The van der Waals surface area contributed by atoms with Gasteiger partial charge in [-0.05, 0) is 18.6 Å². The molecule has 7 heteroatoms. The summed E-state index contributed by atoms with van der Waals surface area (Å²) < 4.78 is 10.5. The first-order valence-electron chi connectivity index (χ1n) is 5.51. The van der Waals surface area contributed by atoms with Gasteiger partial charge in [-0.15, -0.1) is 0 Å². The van der Waals surface area contributed by atoms with E-state index in [0.717, 1.165) is 0 Å². The molecular formula is C11H11ClN4O2. The molecule has 0 amide bonds. The van der Waals surface area contributed by atoms with Crippen molar-refractivity contribution in [2.75, 3.05) is 13.2 Å². The smallest absolute Gasteiger partial charge is 0.249 e. The van der Waals surface area contributed by atoms with Gasteiger partial charge in [-0.1, -0.05) is 16.8 Å². The van der Waals surface area contributed by atoms with Crippen molar-refractivity contribution in [3.05, 3.63) is 29.2 Å². The molecule has 6 nitrogen and oxygen atoms in total. The van der Waals surface area contributed by atoms with Crippen LogP contribution in [-0.4, -0.2) is 28.3 Å². The van der Waals surface area contributed by atoms with Crippen molar-refractivity contribution in [3.63, 3.8) is 0 Å². The van der Waals surface area contributed by atoms with Crippen molar-refractivity contribution in [1.82, 2.24) is 15.1 Å². The highest BCUT2D eigenvalue weighted by Gasteiger charge is 2.38. The third-order valence-corrected chi connectivity index (χ3v) is 3.18. The summed E-state index contributed by atoms with van der Waals surface area (Å²) in [5.41, 5.74) is 5.92. The number of pyridine rings is 1. The molecule has 1 aliphatic rings. The minimum absolute atomic E-state index is 0.340. The van der Waals surface area contributed by atoms with Crippen LogP contribution < -0.4 is 5.73 Å². The molecule has 2 aromatic heterocycles. The van der Waals surface area contributed by atoms with Crippen LogP contribution in [0, 0.1) is 0 Å². The number of rotatable bonds is 2. The van der Waals surface area contributed by atoms with Crippen molar-refractivity contribution < 1.29 is 9.26 Å². The molecule has 2 N–H and O–H groups in total. The normalized spacial score (nSPS) is 23.4. The predicted molar refractivity (Wildman–Crippen MR) is 63.8 cm³/mol. The van der Waals surface area contributed by atoms with E-state index in [1.54, 1.807) is 18.3 Å². The van der Waals surface area contributed by atoms with E-state index in [1.807, 2.05) is 0 Å². The van der Waals surface area contributed by atoms with Crippen molar-refractivity contribution in [2.24, 2.45) is 5.73 Å². The van der Waals surface area contributed by atoms with Gasteiger partial charge in [0.15, 0.2) is 0 Å². The van der Waals surface area contributed by atoms with Gasteiger partial charge in [0.25, 0.3) is 0 Å². The average Bonchev–Trinajstić information content (AvgIpc) is 2.99. The molecule has 1 unspecified atom stereocenters. The van der Waals surface area contributed by atoms with Crippen molar-refractivity contribution in [1.29, 1.82) is 0 Å². The van der Waals surface area contributed by atoms with Crippen LogP contribution in [0.4, 0.5) is 0 Å². The minimum Gasteiger partial charge on any atom is -0.379 e. The zero-order valence-electron chi connectivity index (χ0n) is 9.47. The quantitative estimate of drug-likeness (QED) is 0.883. The first-order valence-corrected chi connectivity index (χ1v) is 5.88. The molecule has 1 fully saturated rings. The lowest BCUT2D eigenvalue weighted by Crippen LogP contribution is -2.37. The monoisotopic (exact) mass is 266 g/mol. The van der Waals surface area contributed by atoms with Crippen LogP contribution in [0.25, 0.3) is 11.5 Å². The zero-order valence-corrected chi connectivity index (χ0v) is 10.2. The fraction of sp³-hybridized carbons (Fsp3) is 0.364. The maximum atomic E-state index is 6.14. The number of aromatic nitrogens is 3. The summed E-state index contributed by atoms with van der Waals surface area (Å²) in [6.07, 6.45) is 2.28. The fourth-order valence-electron chi connectivity index (χ4n) is 1.82. The van der Waals surface area contributed by atoms with Crippen LogP contribution in [0.5, 0.6) is 0 Å². The van der Waals surface area contributed by atoms with Crippen molar-refractivity contribution in [3.8, 4) is 11.5 Å². The number of hydrogen-bond donors (Lipinski definition) is 1. The van der Waals surface area contributed by atoms with Crippen LogP contribution in [0.1, 0.15) is 12.3 Å². The maximum absolute atomic E-state index is 6.14. The summed E-state index contributed by atoms with van der Waals surface area (Å²) >= 11 is 6.02. The maximum Gasteiger partial charge on any atom is 0.249 e. The van der Waals surface area contributed by atoms with Gasteiger partial charge in [0.05, 0.1) is 11.6 Å². The number of nitrogens with zero attached hydrogens (tertiary/aromatic N) is 3. The molecule has 18 heavy (non-hydrogen) atoms. The highest BCUT2D eigenvalue weighted by molar-refractivity contribution is 6.32. The number of nitrogens with two attached hydrogens (primary N) is 1. The largest absolute Gasteiger partial charge is 0.379 e. The lowest BCUT2D eigenvalue weighted by atomic mass is 10.0. The first kappa shape index (κ1) is 11.6. The Bertz CT molecular complexity index is 566. The van der Waals surface area contributed by atoms with E-state index in [9.17, 15) is 0 Å². The van der Waals surface area contributed by atoms with Crippen molar-refractivity contribution in [2.45, 2.75) is 12.0 Å². The average molecular weight is 267 g/mol. The molecule has 0 saturated carbocycles. The lowest BCUT2D eigenvalue weighted by Gasteiger charge is -2.14. The third kappa shape index (κ3) is 1.88. The molecule has 3 rings (SSSR count). The Balaban J connectivity index is 1.97. The Kier molecular flexibility index (Phi) is 2.77. The van der Waals surface area contributed by atoms with Crippen LogP contribution in [0.2, 0.25) is 5.02 Å². The molecule has 0 aliphatic carbocycles. The van der Waals surface area contributed by atoms with Crippen molar-refractivity contribution >= 4 is 11.6 Å². The van der Waals surface area contributed by atoms with Gasteiger partial charge >= 0.3 is 0 Å². The van der Waals surface area contributed by atoms with E-state index in [2.05, 4.69) is 15.1 Å². The van der Waals surface area contributed by atoms with Gasteiger partial charge in [0, 0.05) is 12.8 Å². The summed E-state index contributed by atoms with van der Waals surface area (Å²) in [6, 6.07) is 3.46. The van der Waals surface area contributed by atoms with Crippen LogP contribution in [0.3, 0.4) is 0 Å². The molecule has 1 saturated heterocycles. The number of hydrogen-bond acceptors (Lipinski definition) is 6. The van der Waals surface area contributed by atoms with Gasteiger partial charge in [-0.3, -0.25) is 4.98 Å². The topological polar surface area (TPSA) is 87.1 Å². The molecule has 0 bridgehead atoms. The molecule has 2 aromatic rings. The molecule has 0 radical (unpaired) electrons.